The van der Waals surface area contributed by atoms with E-state index in [1.165, 1.54) is 32.1 Å². The first-order valence-corrected chi connectivity index (χ1v) is 9.64. The fraction of sp³-hybridized carbons (Fsp3) is 0.737. The molecule has 2 fully saturated rings. The summed E-state index contributed by atoms with van der Waals surface area (Å²) in [5.41, 5.74) is 0.368. The summed E-state index contributed by atoms with van der Waals surface area (Å²) in [5, 5.41) is 6.94. The molecular formula is C19H29N3O3. The van der Waals surface area contributed by atoms with Gasteiger partial charge in [-0.15, -0.1) is 0 Å². The van der Waals surface area contributed by atoms with Crippen molar-refractivity contribution in [2.45, 2.75) is 70.8 Å². The quantitative estimate of drug-likeness (QED) is 0.888. The van der Waals surface area contributed by atoms with Crippen LogP contribution in [0.4, 0.5) is 0 Å². The van der Waals surface area contributed by atoms with Crippen LogP contribution in [0.3, 0.4) is 0 Å². The predicted molar refractivity (Wildman–Crippen MR) is 94.1 cm³/mol. The summed E-state index contributed by atoms with van der Waals surface area (Å²) >= 11 is 0. The molecule has 1 saturated carbocycles. The van der Waals surface area contributed by atoms with E-state index < -0.39 is 0 Å². The topological polar surface area (TPSA) is 75.4 Å². The van der Waals surface area contributed by atoms with Crippen molar-refractivity contribution < 1.29 is 14.1 Å². The maximum absolute atomic E-state index is 12.3. The lowest BCUT2D eigenvalue weighted by atomic mass is 9.86. The minimum atomic E-state index is -0.0843. The second-order valence-electron chi connectivity index (χ2n) is 7.50. The molecule has 1 saturated heterocycles. The van der Waals surface area contributed by atoms with Crippen LogP contribution < -0.4 is 5.32 Å². The van der Waals surface area contributed by atoms with Gasteiger partial charge in [0.05, 0.1) is 0 Å². The van der Waals surface area contributed by atoms with Crippen LogP contribution in [0, 0.1) is 12.8 Å². The third kappa shape index (κ3) is 5.06. The largest absolute Gasteiger partial charge is 0.361 e. The maximum Gasteiger partial charge on any atom is 0.276 e. The molecule has 1 aliphatic heterocycles. The van der Waals surface area contributed by atoms with Gasteiger partial charge in [0.1, 0.15) is 5.76 Å². The molecule has 2 aliphatic rings. The monoisotopic (exact) mass is 347 g/mol. The Morgan fingerprint density at radius 1 is 1.20 bits per heavy atom. The first-order valence-electron chi connectivity index (χ1n) is 9.64. The fourth-order valence-corrected chi connectivity index (χ4v) is 3.97. The van der Waals surface area contributed by atoms with Crippen LogP contribution in [0.25, 0.3) is 0 Å². The zero-order valence-electron chi connectivity index (χ0n) is 15.1. The Morgan fingerprint density at radius 2 is 1.92 bits per heavy atom. The molecule has 2 amide bonds. The summed E-state index contributed by atoms with van der Waals surface area (Å²) in [4.78, 5) is 26.3. The number of likely N-dealkylation sites (tertiary alicyclic amines) is 1. The molecule has 1 aliphatic carbocycles. The zero-order valence-corrected chi connectivity index (χ0v) is 15.1. The summed E-state index contributed by atoms with van der Waals surface area (Å²) in [6.07, 6.45) is 9.85. The molecule has 0 spiro atoms. The number of nitrogens with zero attached hydrogens (tertiary/aromatic N) is 2. The van der Waals surface area contributed by atoms with E-state index in [0.717, 1.165) is 25.2 Å². The van der Waals surface area contributed by atoms with Crippen molar-refractivity contribution in [3.8, 4) is 0 Å². The van der Waals surface area contributed by atoms with Crippen molar-refractivity contribution in [1.29, 1.82) is 0 Å². The van der Waals surface area contributed by atoms with Crippen molar-refractivity contribution >= 4 is 11.8 Å². The number of aryl methyl sites for hydroxylation is 1. The molecule has 0 aromatic carbocycles. The molecule has 0 radical (unpaired) electrons. The van der Waals surface area contributed by atoms with Crippen LogP contribution in [-0.4, -0.2) is 41.0 Å². The number of carbonyl (C=O) groups is 2. The minimum absolute atomic E-state index is 0.0843. The Balaban J connectivity index is 1.37. The molecule has 1 aromatic heterocycles. The number of rotatable bonds is 5. The van der Waals surface area contributed by atoms with E-state index in [1.807, 2.05) is 0 Å². The van der Waals surface area contributed by atoms with Crippen molar-refractivity contribution in [3.63, 3.8) is 0 Å². The number of amides is 2. The van der Waals surface area contributed by atoms with Crippen LogP contribution >= 0.6 is 0 Å². The third-order valence-corrected chi connectivity index (χ3v) is 5.50. The van der Waals surface area contributed by atoms with E-state index in [2.05, 4.69) is 10.5 Å². The zero-order chi connectivity index (χ0) is 17.6. The van der Waals surface area contributed by atoms with Crippen molar-refractivity contribution in [2.75, 3.05) is 13.1 Å². The molecule has 3 rings (SSSR count). The van der Waals surface area contributed by atoms with Crippen LogP contribution in [0.15, 0.2) is 10.6 Å². The Labute approximate surface area is 149 Å². The second kappa shape index (κ2) is 8.50. The Morgan fingerprint density at radius 3 is 2.56 bits per heavy atom. The van der Waals surface area contributed by atoms with E-state index in [0.29, 0.717) is 31.0 Å². The van der Waals surface area contributed by atoms with Crippen LogP contribution in [0.1, 0.15) is 74.0 Å². The van der Waals surface area contributed by atoms with Gasteiger partial charge in [-0.25, -0.2) is 0 Å². The summed E-state index contributed by atoms with van der Waals surface area (Å²) in [6, 6.07) is 1.85. The van der Waals surface area contributed by atoms with Gasteiger partial charge in [-0.1, -0.05) is 37.3 Å². The molecule has 1 N–H and O–H groups in total. The number of nitrogens with one attached hydrogen (secondary N) is 1. The van der Waals surface area contributed by atoms with E-state index in [4.69, 9.17) is 4.52 Å². The van der Waals surface area contributed by atoms with Crippen LogP contribution in [-0.2, 0) is 4.79 Å². The standard InChI is InChI=1S/C19H29N3O3/c1-14-13-17(21-25-14)19(24)22-11-9-16(10-12-22)20-18(23)8-7-15-5-3-2-4-6-15/h13,15-16H,2-12H2,1H3,(H,20,23). The van der Waals surface area contributed by atoms with Gasteiger partial charge < -0.3 is 14.7 Å². The van der Waals surface area contributed by atoms with Gasteiger partial charge in [0.2, 0.25) is 5.91 Å². The smallest absolute Gasteiger partial charge is 0.276 e. The Hall–Kier alpha value is -1.85. The molecule has 6 nitrogen and oxygen atoms in total. The van der Waals surface area contributed by atoms with Crippen molar-refractivity contribution in [2.24, 2.45) is 5.92 Å². The molecule has 6 heteroatoms. The normalized spacial score (nSPS) is 19.8. The van der Waals surface area contributed by atoms with Gasteiger partial charge in [-0.05, 0) is 32.1 Å². The van der Waals surface area contributed by atoms with Crippen LogP contribution in [0.2, 0.25) is 0 Å². The Kier molecular flexibility index (Phi) is 6.10. The average molecular weight is 347 g/mol. The summed E-state index contributed by atoms with van der Waals surface area (Å²) in [6.45, 7) is 3.08. The SMILES string of the molecule is Cc1cc(C(=O)N2CCC(NC(=O)CCC3CCCCC3)CC2)no1. The molecule has 138 valence electrons. The molecule has 0 unspecified atom stereocenters. The number of piperidine rings is 1. The number of hydrogen-bond acceptors (Lipinski definition) is 4. The lowest BCUT2D eigenvalue weighted by Crippen LogP contribution is -2.46. The van der Waals surface area contributed by atoms with E-state index in [9.17, 15) is 9.59 Å². The average Bonchev–Trinajstić information content (AvgIpc) is 3.07. The first kappa shape index (κ1) is 18.0. The number of aromatic nitrogens is 1. The number of hydrogen-bond donors (Lipinski definition) is 1. The van der Waals surface area contributed by atoms with E-state index >= 15 is 0 Å². The van der Waals surface area contributed by atoms with Crippen molar-refractivity contribution in [1.82, 2.24) is 15.4 Å². The highest BCUT2D eigenvalue weighted by atomic mass is 16.5. The van der Waals surface area contributed by atoms with Crippen LogP contribution in [0.5, 0.6) is 0 Å². The molecular weight excluding hydrogens is 318 g/mol. The van der Waals surface area contributed by atoms with Gasteiger partial charge in [-0.3, -0.25) is 9.59 Å². The summed E-state index contributed by atoms with van der Waals surface area (Å²) in [7, 11) is 0. The van der Waals surface area contributed by atoms with Gasteiger partial charge in [0.25, 0.3) is 5.91 Å². The summed E-state index contributed by atoms with van der Waals surface area (Å²) < 4.78 is 4.97. The van der Waals surface area contributed by atoms with Crippen molar-refractivity contribution in [3.05, 3.63) is 17.5 Å². The molecule has 25 heavy (non-hydrogen) atoms. The van der Waals surface area contributed by atoms with E-state index in [1.54, 1.807) is 17.9 Å². The lowest BCUT2D eigenvalue weighted by molar-refractivity contribution is -0.122. The second-order valence-corrected chi connectivity index (χ2v) is 7.50. The number of carbonyl (C=O) groups excluding carboxylic acids is 2. The minimum Gasteiger partial charge on any atom is -0.361 e. The van der Waals surface area contributed by atoms with Gasteiger partial charge in [0, 0.05) is 31.6 Å². The van der Waals surface area contributed by atoms with Gasteiger partial charge in [-0.2, -0.15) is 0 Å². The maximum atomic E-state index is 12.3. The Bertz CT molecular complexity index is 584. The predicted octanol–water partition coefficient (Wildman–Crippen LogP) is 3.06. The van der Waals surface area contributed by atoms with Gasteiger partial charge >= 0.3 is 0 Å². The van der Waals surface area contributed by atoms with Gasteiger partial charge in [0.15, 0.2) is 5.69 Å². The molecule has 0 bridgehead atoms. The lowest BCUT2D eigenvalue weighted by Gasteiger charge is -2.32. The fourth-order valence-electron chi connectivity index (χ4n) is 3.97. The highest BCUT2D eigenvalue weighted by Crippen LogP contribution is 2.27. The third-order valence-electron chi connectivity index (χ3n) is 5.50. The highest BCUT2D eigenvalue weighted by molar-refractivity contribution is 5.92. The molecule has 1 aromatic rings. The highest BCUT2D eigenvalue weighted by Gasteiger charge is 2.26. The van der Waals surface area contributed by atoms with E-state index in [-0.39, 0.29) is 17.9 Å². The molecule has 0 atom stereocenters. The molecule has 2 heterocycles. The summed E-state index contributed by atoms with van der Waals surface area (Å²) in [5.74, 6) is 1.47. The first-order chi connectivity index (χ1) is 12.1.